The molecule has 23 heavy (non-hydrogen) atoms. The molecule has 0 aromatic heterocycles. The van der Waals surface area contributed by atoms with Gasteiger partial charge >= 0.3 is 0 Å². The molecular weight excluding hydrogens is 356 g/mol. The van der Waals surface area contributed by atoms with Crippen LogP contribution in [-0.4, -0.2) is 11.8 Å². The highest BCUT2D eigenvalue weighted by Gasteiger charge is 2.08. The number of carbonyl (C=O) groups is 2. The van der Waals surface area contributed by atoms with E-state index in [1.165, 1.54) is 5.56 Å². The minimum Gasteiger partial charge on any atom is -0.273 e. The molecule has 0 radical (unpaired) electrons. The van der Waals surface area contributed by atoms with Crippen molar-refractivity contribution < 1.29 is 9.59 Å². The van der Waals surface area contributed by atoms with E-state index in [0.717, 1.165) is 16.5 Å². The molecule has 5 heteroatoms. The molecule has 2 rings (SSSR count). The van der Waals surface area contributed by atoms with Gasteiger partial charge in [0.1, 0.15) is 0 Å². The van der Waals surface area contributed by atoms with Crippen LogP contribution in [0.15, 0.2) is 53.0 Å². The van der Waals surface area contributed by atoms with Crippen LogP contribution in [0.25, 0.3) is 0 Å². The number of hydrogen-bond donors (Lipinski definition) is 2. The van der Waals surface area contributed by atoms with Crippen LogP contribution in [0, 0.1) is 0 Å². The fourth-order valence-corrected chi connectivity index (χ4v) is 2.59. The molecule has 0 unspecified atom stereocenters. The average molecular weight is 375 g/mol. The van der Waals surface area contributed by atoms with Crippen molar-refractivity contribution in [3.05, 3.63) is 69.7 Å². The number of hydrazine groups is 1. The Morgan fingerprint density at radius 1 is 1.00 bits per heavy atom. The van der Waals surface area contributed by atoms with Crippen molar-refractivity contribution in [2.75, 3.05) is 0 Å². The highest BCUT2D eigenvalue weighted by atomic mass is 79.9. The number of carbonyl (C=O) groups excluding carboxylic acids is 2. The number of nitrogens with one attached hydrogen (secondary N) is 2. The molecule has 2 N–H and O–H groups in total. The molecular formula is C18H19BrN2O2. The summed E-state index contributed by atoms with van der Waals surface area (Å²) in [5, 5.41) is 0. The van der Waals surface area contributed by atoms with Gasteiger partial charge in [-0.2, -0.15) is 0 Å². The molecule has 120 valence electrons. The zero-order valence-corrected chi connectivity index (χ0v) is 14.5. The summed E-state index contributed by atoms with van der Waals surface area (Å²) < 4.78 is 0.979. The van der Waals surface area contributed by atoms with Crippen LogP contribution in [0.5, 0.6) is 0 Å². The summed E-state index contributed by atoms with van der Waals surface area (Å²) in [5.74, 6) is -0.541. The van der Waals surface area contributed by atoms with Crippen LogP contribution in [0.1, 0.15) is 34.8 Å². The van der Waals surface area contributed by atoms with E-state index in [-0.39, 0.29) is 11.8 Å². The minimum atomic E-state index is -0.318. The monoisotopic (exact) mass is 374 g/mol. The normalized spacial score (nSPS) is 10.2. The molecule has 0 aliphatic carbocycles. The summed E-state index contributed by atoms with van der Waals surface area (Å²) in [6.07, 6.45) is 1.83. The van der Waals surface area contributed by atoms with Crippen LogP contribution in [0.4, 0.5) is 0 Å². The second-order valence-corrected chi connectivity index (χ2v) is 6.00. The Bertz CT molecular complexity index is 684. The van der Waals surface area contributed by atoms with Crippen molar-refractivity contribution in [3.63, 3.8) is 0 Å². The fraction of sp³-hybridized carbons (Fsp3) is 0.222. The van der Waals surface area contributed by atoms with Crippen molar-refractivity contribution in [1.29, 1.82) is 0 Å². The molecule has 0 saturated heterocycles. The van der Waals surface area contributed by atoms with Crippen LogP contribution in [-0.2, 0) is 17.6 Å². The largest absolute Gasteiger partial charge is 0.273 e. The summed E-state index contributed by atoms with van der Waals surface area (Å²) in [6, 6.07) is 15.1. The van der Waals surface area contributed by atoms with Crippen molar-refractivity contribution in [1.82, 2.24) is 10.9 Å². The Balaban J connectivity index is 1.79. The van der Waals surface area contributed by atoms with Crippen molar-refractivity contribution in [2.45, 2.75) is 26.2 Å². The molecule has 0 aliphatic rings. The minimum absolute atomic E-state index is 0.223. The first-order valence-corrected chi connectivity index (χ1v) is 8.31. The summed E-state index contributed by atoms with van der Waals surface area (Å²) >= 11 is 3.45. The SMILES string of the molecule is CCc1ccc(C(=O)NNC(=O)CCc2ccccc2Br)cc1. The maximum atomic E-state index is 11.9. The first-order valence-electron chi connectivity index (χ1n) is 7.51. The summed E-state index contributed by atoms with van der Waals surface area (Å²) in [7, 11) is 0. The quantitative estimate of drug-likeness (QED) is 0.787. The van der Waals surface area contributed by atoms with E-state index in [0.29, 0.717) is 18.4 Å². The van der Waals surface area contributed by atoms with Gasteiger partial charge < -0.3 is 0 Å². The number of amides is 2. The van der Waals surface area contributed by atoms with E-state index >= 15 is 0 Å². The zero-order chi connectivity index (χ0) is 16.7. The van der Waals surface area contributed by atoms with Gasteiger partial charge in [0.15, 0.2) is 0 Å². The van der Waals surface area contributed by atoms with Gasteiger partial charge in [0, 0.05) is 16.5 Å². The number of benzene rings is 2. The molecule has 0 spiro atoms. The first-order chi connectivity index (χ1) is 11.1. The lowest BCUT2D eigenvalue weighted by Crippen LogP contribution is -2.41. The molecule has 2 aromatic carbocycles. The van der Waals surface area contributed by atoms with E-state index in [2.05, 4.69) is 33.7 Å². The Morgan fingerprint density at radius 3 is 2.35 bits per heavy atom. The van der Waals surface area contributed by atoms with Crippen molar-refractivity contribution in [3.8, 4) is 0 Å². The topological polar surface area (TPSA) is 58.2 Å². The molecule has 0 fully saturated rings. The Kier molecular flexibility index (Phi) is 6.35. The Morgan fingerprint density at radius 2 is 1.70 bits per heavy atom. The predicted molar refractivity (Wildman–Crippen MR) is 93.9 cm³/mol. The predicted octanol–water partition coefficient (Wildman–Crippen LogP) is 3.41. The number of hydrogen-bond acceptors (Lipinski definition) is 2. The van der Waals surface area contributed by atoms with E-state index in [4.69, 9.17) is 0 Å². The highest BCUT2D eigenvalue weighted by molar-refractivity contribution is 9.10. The molecule has 0 atom stereocenters. The summed E-state index contributed by atoms with van der Waals surface area (Å²) in [5.41, 5.74) is 7.63. The van der Waals surface area contributed by atoms with Gasteiger partial charge in [0.2, 0.25) is 5.91 Å². The summed E-state index contributed by atoms with van der Waals surface area (Å²) in [4.78, 5) is 23.8. The number of rotatable bonds is 5. The molecule has 4 nitrogen and oxygen atoms in total. The third-order valence-electron chi connectivity index (χ3n) is 3.52. The highest BCUT2D eigenvalue weighted by Crippen LogP contribution is 2.17. The number of aryl methyl sites for hydroxylation is 2. The molecule has 2 aromatic rings. The van der Waals surface area contributed by atoms with Crippen LogP contribution < -0.4 is 10.9 Å². The Labute approximate surface area is 144 Å². The maximum Gasteiger partial charge on any atom is 0.269 e. The van der Waals surface area contributed by atoms with Crippen LogP contribution in [0.3, 0.4) is 0 Å². The molecule has 2 amide bonds. The molecule has 0 saturated carbocycles. The zero-order valence-electron chi connectivity index (χ0n) is 12.9. The summed E-state index contributed by atoms with van der Waals surface area (Å²) in [6.45, 7) is 2.06. The van der Waals surface area contributed by atoms with E-state index in [1.807, 2.05) is 36.4 Å². The smallest absolute Gasteiger partial charge is 0.269 e. The lowest BCUT2D eigenvalue weighted by Gasteiger charge is -2.08. The third kappa shape index (κ3) is 5.21. The van der Waals surface area contributed by atoms with Crippen LogP contribution in [0.2, 0.25) is 0 Å². The lowest BCUT2D eigenvalue weighted by molar-refractivity contribution is -0.121. The van der Waals surface area contributed by atoms with Gasteiger partial charge in [0.25, 0.3) is 5.91 Å². The van der Waals surface area contributed by atoms with E-state index in [1.54, 1.807) is 12.1 Å². The third-order valence-corrected chi connectivity index (χ3v) is 4.29. The Hall–Kier alpha value is -2.14. The molecule has 0 heterocycles. The second kappa shape index (κ2) is 8.48. The molecule has 0 aliphatic heterocycles. The van der Waals surface area contributed by atoms with E-state index in [9.17, 15) is 9.59 Å². The maximum absolute atomic E-state index is 11.9. The van der Waals surface area contributed by atoms with Gasteiger partial charge in [-0.05, 0) is 42.2 Å². The van der Waals surface area contributed by atoms with Gasteiger partial charge in [0.05, 0.1) is 0 Å². The van der Waals surface area contributed by atoms with Gasteiger partial charge in [-0.1, -0.05) is 53.2 Å². The van der Waals surface area contributed by atoms with Crippen molar-refractivity contribution in [2.24, 2.45) is 0 Å². The van der Waals surface area contributed by atoms with E-state index < -0.39 is 0 Å². The first kappa shape index (κ1) is 17.2. The van der Waals surface area contributed by atoms with Crippen LogP contribution >= 0.6 is 15.9 Å². The van der Waals surface area contributed by atoms with Gasteiger partial charge in [-0.25, -0.2) is 0 Å². The average Bonchev–Trinajstić information content (AvgIpc) is 2.59. The number of halogens is 1. The van der Waals surface area contributed by atoms with Gasteiger partial charge in [-0.15, -0.1) is 0 Å². The standard InChI is InChI=1S/C18H19BrN2O2/c1-2-13-7-9-15(10-8-13)18(23)21-20-17(22)12-11-14-5-3-4-6-16(14)19/h3-10H,2,11-12H2,1H3,(H,20,22)(H,21,23). The molecule has 0 bridgehead atoms. The lowest BCUT2D eigenvalue weighted by atomic mass is 10.1. The van der Waals surface area contributed by atoms with Gasteiger partial charge in [-0.3, -0.25) is 20.4 Å². The van der Waals surface area contributed by atoms with Crippen molar-refractivity contribution >= 4 is 27.7 Å². The fourth-order valence-electron chi connectivity index (χ4n) is 2.10. The second-order valence-electron chi connectivity index (χ2n) is 5.14.